The molecule has 35 heavy (non-hydrogen) atoms. The molecule has 1 unspecified atom stereocenters. The average Bonchev–Trinajstić information content (AvgIpc) is 3.60. The number of aromatic nitrogens is 2. The molecular weight excluding hydrogens is 446 g/mol. The van der Waals surface area contributed by atoms with Crippen LogP contribution in [-0.4, -0.2) is 63.6 Å². The average molecular weight is 482 g/mol. The van der Waals surface area contributed by atoms with Gasteiger partial charge in [-0.25, -0.2) is 4.79 Å². The summed E-state index contributed by atoms with van der Waals surface area (Å²) in [7, 11) is 0. The summed E-state index contributed by atoms with van der Waals surface area (Å²) in [6.07, 6.45) is 0.954. The molecule has 1 saturated heterocycles. The largest absolute Gasteiger partial charge is 0.485 e. The van der Waals surface area contributed by atoms with Gasteiger partial charge in [0.15, 0.2) is 0 Å². The molecular formula is C26H35N5O4. The van der Waals surface area contributed by atoms with Gasteiger partial charge in [0.1, 0.15) is 23.3 Å². The molecule has 1 atom stereocenters. The van der Waals surface area contributed by atoms with Crippen molar-refractivity contribution in [3.63, 3.8) is 0 Å². The van der Waals surface area contributed by atoms with E-state index in [-0.39, 0.29) is 23.3 Å². The first-order valence-corrected chi connectivity index (χ1v) is 12.4. The third-order valence-corrected chi connectivity index (χ3v) is 6.96. The van der Waals surface area contributed by atoms with Crippen molar-refractivity contribution in [1.82, 2.24) is 14.0 Å². The number of nitriles is 1. The molecule has 1 N–H and O–H groups in total. The Hall–Kier alpha value is -3.09. The van der Waals surface area contributed by atoms with Crippen LogP contribution in [0, 0.1) is 11.3 Å². The van der Waals surface area contributed by atoms with Gasteiger partial charge in [-0.05, 0) is 64.8 Å². The standard InChI is InChI=1S/C26H35N5O4/c1-18(2)30-23(15-24(33)31(19(3)4)25(30)34)29-13-11-28(12-14-29)17-22(32)26(9-10-26)35-21-7-5-20(16-27)6-8-21/h5-8,15,18-19,22,32H,9-14,17H2,1-4H3. The van der Waals surface area contributed by atoms with E-state index in [9.17, 15) is 14.7 Å². The van der Waals surface area contributed by atoms with Gasteiger partial charge in [0, 0.05) is 50.9 Å². The first-order valence-electron chi connectivity index (χ1n) is 12.4. The van der Waals surface area contributed by atoms with E-state index >= 15 is 0 Å². The number of benzene rings is 1. The topological polar surface area (TPSA) is 104 Å². The number of piperazine rings is 1. The molecule has 0 amide bonds. The van der Waals surface area contributed by atoms with Crippen LogP contribution in [0.4, 0.5) is 5.82 Å². The molecule has 1 aromatic heterocycles. The molecule has 0 radical (unpaired) electrons. The summed E-state index contributed by atoms with van der Waals surface area (Å²) in [5.41, 5.74) is -0.550. The number of hydrogen-bond acceptors (Lipinski definition) is 7. The van der Waals surface area contributed by atoms with Gasteiger partial charge in [0.2, 0.25) is 0 Å². The molecule has 2 aromatic rings. The Morgan fingerprint density at radius 3 is 2.11 bits per heavy atom. The molecule has 1 saturated carbocycles. The van der Waals surface area contributed by atoms with Gasteiger partial charge in [0.25, 0.3) is 5.56 Å². The summed E-state index contributed by atoms with van der Waals surface area (Å²) in [6.45, 7) is 10.8. The summed E-state index contributed by atoms with van der Waals surface area (Å²) in [6, 6.07) is 10.4. The van der Waals surface area contributed by atoms with Gasteiger partial charge >= 0.3 is 5.69 Å². The quantitative estimate of drug-likeness (QED) is 0.616. The Morgan fingerprint density at radius 2 is 1.60 bits per heavy atom. The predicted molar refractivity (Wildman–Crippen MR) is 134 cm³/mol. The molecule has 4 rings (SSSR count). The molecule has 1 aliphatic heterocycles. The highest BCUT2D eigenvalue weighted by Crippen LogP contribution is 2.43. The Kier molecular flexibility index (Phi) is 7.06. The van der Waals surface area contributed by atoms with E-state index in [1.807, 2.05) is 27.7 Å². The maximum Gasteiger partial charge on any atom is 0.333 e. The molecule has 9 nitrogen and oxygen atoms in total. The first-order chi connectivity index (χ1) is 16.6. The second-order valence-electron chi connectivity index (χ2n) is 10.2. The fourth-order valence-electron chi connectivity index (χ4n) is 4.79. The maximum absolute atomic E-state index is 13.1. The number of hydrogen-bond donors (Lipinski definition) is 1. The Morgan fingerprint density at radius 1 is 1.00 bits per heavy atom. The molecule has 188 valence electrons. The van der Waals surface area contributed by atoms with Crippen molar-refractivity contribution in [3.8, 4) is 11.8 Å². The lowest BCUT2D eigenvalue weighted by Crippen LogP contribution is -2.53. The van der Waals surface area contributed by atoms with Crippen molar-refractivity contribution in [2.45, 2.75) is 64.3 Å². The molecule has 1 aliphatic carbocycles. The van der Waals surface area contributed by atoms with Crippen LogP contribution in [0.2, 0.25) is 0 Å². The number of aliphatic hydroxyl groups excluding tert-OH is 1. The van der Waals surface area contributed by atoms with Gasteiger partial charge in [-0.3, -0.25) is 18.8 Å². The van der Waals surface area contributed by atoms with Crippen LogP contribution in [-0.2, 0) is 0 Å². The SMILES string of the molecule is CC(C)n1c(N2CCN(CC(O)C3(Oc4ccc(C#N)cc4)CC3)CC2)cc(=O)n(C(C)C)c1=O. The van der Waals surface area contributed by atoms with E-state index in [2.05, 4.69) is 15.9 Å². The number of ether oxygens (including phenoxy) is 1. The number of nitrogens with zero attached hydrogens (tertiary/aromatic N) is 5. The highest BCUT2D eigenvalue weighted by Gasteiger charge is 2.52. The molecule has 0 bridgehead atoms. The molecule has 1 aromatic carbocycles. The third-order valence-electron chi connectivity index (χ3n) is 6.96. The molecule has 0 spiro atoms. The van der Waals surface area contributed by atoms with Gasteiger partial charge in [-0.1, -0.05) is 0 Å². The van der Waals surface area contributed by atoms with E-state index in [0.717, 1.165) is 12.8 Å². The van der Waals surface area contributed by atoms with Crippen molar-refractivity contribution in [2.24, 2.45) is 0 Å². The fourth-order valence-corrected chi connectivity index (χ4v) is 4.79. The maximum atomic E-state index is 13.1. The van der Waals surface area contributed by atoms with Crippen molar-refractivity contribution in [2.75, 3.05) is 37.6 Å². The summed E-state index contributed by atoms with van der Waals surface area (Å²) in [5, 5.41) is 20.0. The Bertz CT molecular complexity index is 1200. The van der Waals surface area contributed by atoms with Crippen molar-refractivity contribution in [3.05, 3.63) is 56.7 Å². The normalized spacial score (nSPS) is 18.5. The minimum atomic E-state index is -0.631. The van der Waals surface area contributed by atoms with Crippen LogP contribution in [0.1, 0.15) is 58.2 Å². The first kappa shape index (κ1) is 25.0. The third kappa shape index (κ3) is 5.14. The van der Waals surface area contributed by atoms with Crippen LogP contribution in [0.25, 0.3) is 0 Å². The highest BCUT2D eigenvalue weighted by atomic mass is 16.5. The van der Waals surface area contributed by atoms with E-state index in [0.29, 0.717) is 49.9 Å². The summed E-state index contributed by atoms with van der Waals surface area (Å²) in [4.78, 5) is 30.1. The second kappa shape index (κ2) is 9.88. The van der Waals surface area contributed by atoms with Gasteiger partial charge < -0.3 is 14.7 Å². The molecule has 2 heterocycles. The van der Waals surface area contributed by atoms with Crippen LogP contribution >= 0.6 is 0 Å². The lowest BCUT2D eigenvalue weighted by atomic mass is 10.1. The van der Waals surface area contributed by atoms with E-state index < -0.39 is 11.7 Å². The van der Waals surface area contributed by atoms with Crippen LogP contribution in [0.15, 0.2) is 39.9 Å². The van der Waals surface area contributed by atoms with Crippen LogP contribution < -0.4 is 20.9 Å². The lowest BCUT2D eigenvalue weighted by molar-refractivity contribution is -0.00553. The number of β-amino-alcohol motifs (C(OH)–C–C–N with tert-alkyl or cyclic N) is 1. The molecule has 9 heteroatoms. The predicted octanol–water partition coefficient (Wildman–Crippen LogP) is 2.14. The monoisotopic (exact) mass is 481 g/mol. The van der Waals surface area contributed by atoms with E-state index in [1.165, 1.54) is 4.57 Å². The van der Waals surface area contributed by atoms with E-state index in [1.54, 1.807) is 34.9 Å². The fraction of sp³-hybridized carbons (Fsp3) is 0.577. The molecule has 2 aliphatic rings. The zero-order chi connectivity index (χ0) is 25.3. The minimum absolute atomic E-state index is 0.0722. The number of rotatable bonds is 8. The summed E-state index contributed by atoms with van der Waals surface area (Å²) >= 11 is 0. The summed E-state index contributed by atoms with van der Waals surface area (Å²) < 4.78 is 9.14. The zero-order valence-electron chi connectivity index (χ0n) is 21.0. The second-order valence-corrected chi connectivity index (χ2v) is 10.2. The smallest absolute Gasteiger partial charge is 0.333 e. The Labute approximate surface area is 205 Å². The van der Waals surface area contributed by atoms with Gasteiger partial charge in [-0.2, -0.15) is 5.26 Å². The van der Waals surface area contributed by atoms with Crippen LogP contribution in [0.5, 0.6) is 5.75 Å². The zero-order valence-corrected chi connectivity index (χ0v) is 21.0. The molecule has 2 fully saturated rings. The highest BCUT2D eigenvalue weighted by molar-refractivity contribution is 5.40. The van der Waals surface area contributed by atoms with Crippen LogP contribution in [0.3, 0.4) is 0 Å². The summed E-state index contributed by atoms with van der Waals surface area (Å²) in [5.74, 6) is 1.32. The number of aliphatic hydroxyl groups is 1. The Balaban J connectivity index is 1.41. The van der Waals surface area contributed by atoms with Crippen molar-refractivity contribution >= 4 is 5.82 Å². The van der Waals surface area contributed by atoms with Crippen molar-refractivity contribution in [1.29, 1.82) is 5.26 Å². The lowest BCUT2D eigenvalue weighted by Gasteiger charge is -2.39. The number of anilines is 1. The van der Waals surface area contributed by atoms with E-state index in [4.69, 9.17) is 10.00 Å². The van der Waals surface area contributed by atoms with Crippen molar-refractivity contribution < 1.29 is 9.84 Å². The van der Waals surface area contributed by atoms with Gasteiger partial charge in [0.05, 0.1) is 11.6 Å². The minimum Gasteiger partial charge on any atom is -0.485 e. The van der Waals surface area contributed by atoms with Gasteiger partial charge in [-0.15, -0.1) is 0 Å².